The third-order valence-corrected chi connectivity index (χ3v) is 6.76. The third-order valence-electron chi connectivity index (χ3n) is 6.76. The van der Waals surface area contributed by atoms with Gasteiger partial charge in [0, 0.05) is 60.9 Å². The number of piperidine rings is 2. The molecule has 2 aromatic heterocycles. The van der Waals surface area contributed by atoms with Crippen LogP contribution in [0.2, 0.25) is 0 Å². The molecule has 0 spiro atoms. The summed E-state index contributed by atoms with van der Waals surface area (Å²) in [6.07, 6.45) is 7.31. The van der Waals surface area contributed by atoms with Crippen LogP contribution in [0, 0.1) is 0 Å². The van der Waals surface area contributed by atoms with Gasteiger partial charge in [-0.3, -0.25) is 14.6 Å². The molecule has 2 aliphatic rings. The maximum absolute atomic E-state index is 13.2. The van der Waals surface area contributed by atoms with Crippen LogP contribution in [0.1, 0.15) is 58.0 Å². The molecule has 8 nitrogen and oxygen atoms in total. The molecule has 0 atom stereocenters. The Hall–Kier alpha value is -3.39. The molecule has 2 saturated heterocycles. The number of hydrogen-bond donors (Lipinski definition) is 3. The van der Waals surface area contributed by atoms with Crippen molar-refractivity contribution >= 4 is 22.7 Å². The number of nitrogens with one attached hydrogen (secondary N) is 2. The predicted molar refractivity (Wildman–Crippen MR) is 125 cm³/mol. The van der Waals surface area contributed by atoms with E-state index < -0.39 is 5.91 Å². The number of nitrogens with two attached hydrogens (primary N) is 1. The Morgan fingerprint density at radius 3 is 2.61 bits per heavy atom. The predicted octanol–water partition coefficient (Wildman–Crippen LogP) is 2.81. The highest BCUT2D eigenvalue weighted by Gasteiger charge is 2.26. The van der Waals surface area contributed by atoms with Crippen molar-refractivity contribution in [2.24, 2.45) is 5.73 Å². The van der Waals surface area contributed by atoms with Gasteiger partial charge in [-0.1, -0.05) is 0 Å². The van der Waals surface area contributed by atoms with E-state index in [2.05, 4.69) is 27.5 Å². The van der Waals surface area contributed by atoms with Crippen molar-refractivity contribution in [3.05, 3.63) is 59.5 Å². The largest absolute Gasteiger partial charge is 0.490 e. The van der Waals surface area contributed by atoms with Crippen molar-refractivity contribution in [3.8, 4) is 5.75 Å². The van der Waals surface area contributed by atoms with E-state index in [0.717, 1.165) is 55.2 Å². The van der Waals surface area contributed by atoms with Crippen molar-refractivity contribution in [2.45, 2.75) is 37.7 Å². The summed E-state index contributed by atoms with van der Waals surface area (Å²) in [5, 5.41) is 4.58. The number of rotatable bonds is 5. The van der Waals surface area contributed by atoms with Crippen LogP contribution in [0.5, 0.6) is 5.75 Å². The second kappa shape index (κ2) is 9.23. The van der Waals surface area contributed by atoms with Crippen LogP contribution in [0.3, 0.4) is 0 Å². The Bertz CT molecular complexity index is 1160. The van der Waals surface area contributed by atoms with Crippen molar-refractivity contribution in [1.82, 2.24) is 20.2 Å². The molecule has 2 fully saturated rings. The number of benzene rings is 1. The van der Waals surface area contributed by atoms with Crippen molar-refractivity contribution in [3.63, 3.8) is 0 Å². The average molecular weight is 448 g/mol. The molecule has 172 valence electrons. The monoisotopic (exact) mass is 447 g/mol. The number of carbonyl (C=O) groups excluding carboxylic acids is 2. The van der Waals surface area contributed by atoms with Crippen LogP contribution in [-0.4, -0.2) is 59.0 Å². The lowest BCUT2D eigenvalue weighted by Gasteiger charge is -2.32. The Morgan fingerprint density at radius 2 is 1.85 bits per heavy atom. The maximum Gasteiger partial charge on any atom is 0.267 e. The van der Waals surface area contributed by atoms with Gasteiger partial charge < -0.3 is 25.7 Å². The van der Waals surface area contributed by atoms with Crippen LogP contribution in [0.4, 0.5) is 0 Å². The van der Waals surface area contributed by atoms with E-state index >= 15 is 0 Å². The summed E-state index contributed by atoms with van der Waals surface area (Å²) in [7, 11) is 0. The number of aromatic amines is 1. The molecule has 0 radical (unpaired) electrons. The number of nitrogens with zero attached hydrogens (tertiary/aromatic N) is 2. The minimum absolute atomic E-state index is 0.0177. The van der Waals surface area contributed by atoms with Crippen LogP contribution in [-0.2, 0) is 0 Å². The van der Waals surface area contributed by atoms with Gasteiger partial charge in [0.2, 0.25) is 0 Å². The van der Waals surface area contributed by atoms with E-state index in [1.807, 2.05) is 17.0 Å². The standard InChI is InChI=1S/C25H29N5O3/c26-24(31)23-14-19(5-10-28-23)33-18-6-11-30(12-7-18)25(32)17-1-2-22-20(13-17)21(15-29-22)16-3-8-27-9-4-16/h1-2,5,10,13-16,18,27,29H,3-4,6-9,11-12H2,(H2,26,31). The lowest BCUT2D eigenvalue weighted by atomic mass is 9.89. The van der Waals surface area contributed by atoms with Gasteiger partial charge in [-0.25, -0.2) is 0 Å². The lowest BCUT2D eigenvalue weighted by Crippen LogP contribution is -2.41. The number of fused-ring (bicyclic) bond motifs is 1. The highest BCUT2D eigenvalue weighted by atomic mass is 16.5. The molecule has 0 unspecified atom stereocenters. The van der Waals surface area contributed by atoms with Gasteiger partial charge in [-0.05, 0) is 61.7 Å². The fourth-order valence-electron chi connectivity index (χ4n) is 4.92. The van der Waals surface area contributed by atoms with E-state index in [0.29, 0.717) is 24.8 Å². The number of amides is 2. The minimum atomic E-state index is -0.580. The number of pyridine rings is 1. The Labute approximate surface area is 192 Å². The van der Waals surface area contributed by atoms with Crippen LogP contribution in [0.25, 0.3) is 10.9 Å². The molecular formula is C25H29N5O3. The smallest absolute Gasteiger partial charge is 0.267 e. The fraction of sp³-hybridized carbons (Fsp3) is 0.400. The van der Waals surface area contributed by atoms with Gasteiger partial charge in [0.05, 0.1) is 0 Å². The Kier molecular flexibility index (Phi) is 6.00. The molecule has 0 bridgehead atoms. The number of carbonyl (C=O) groups is 2. The first-order valence-corrected chi connectivity index (χ1v) is 11.6. The van der Waals surface area contributed by atoms with Gasteiger partial charge in [0.15, 0.2) is 0 Å². The molecule has 0 aliphatic carbocycles. The van der Waals surface area contributed by atoms with Gasteiger partial charge in [-0.2, -0.15) is 0 Å². The summed E-state index contributed by atoms with van der Waals surface area (Å²) in [5.74, 6) is 0.588. The number of primary amides is 1. The maximum atomic E-state index is 13.2. The Balaban J connectivity index is 1.24. The number of aromatic nitrogens is 2. The number of H-pyrrole nitrogens is 1. The minimum Gasteiger partial charge on any atom is -0.490 e. The summed E-state index contributed by atoms with van der Waals surface area (Å²) >= 11 is 0. The summed E-state index contributed by atoms with van der Waals surface area (Å²) in [5.41, 5.74) is 8.62. The number of hydrogen-bond acceptors (Lipinski definition) is 5. The average Bonchev–Trinajstić information content (AvgIpc) is 3.28. The second-order valence-electron chi connectivity index (χ2n) is 8.88. The highest BCUT2D eigenvalue weighted by Crippen LogP contribution is 2.32. The van der Waals surface area contributed by atoms with E-state index in [-0.39, 0.29) is 17.7 Å². The normalized spacial score (nSPS) is 17.9. The van der Waals surface area contributed by atoms with E-state index in [1.165, 1.54) is 11.8 Å². The summed E-state index contributed by atoms with van der Waals surface area (Å²) in [6, 6.07) is 9.26. The van der Waals surface area contributed by atoms with Gasteiger partial charge in [-0.15, -0.1) is 0 Å². The first-order valence-electron chi connectivity index (χ1n) is 11.6. The molecule has 2 aliphatic heterocycles. The zero-order valence-corrected chi connectivity index (χ0v) is 18.5. The molecule has 8 heteroatoms. The van der Waals surface area contributed by atoms with Crippen molar-refractivity contribution in [1.29, 1.82) is 0 Å². The van der Waals surface area contributed by atoms with Crippen LogP contribution in [0.15, 0.2) is 42.7 Å². The zero-order chi connectivity index (χ0) is 22.8. The lowest BCUT2D eigenvalue weighted by molar-refractivity contribution is 0.0595. The van der Waals surface area contributed by atoms with Crippen molar-refractivity contribution < 1.29 is 14.3 Å². The number of ether oxygens (including phenoxy) is 1. The Morgan fingerprint density at radius 1 is 1.06 bits per heavy atom. The zero-order valence-electron chi connectivity index (χ0n) is 18.5. The third kappa shape index (κ3) is 4.57. The molecular weight excluding hydrogens is 418 g/mol. The number of likely N-dealkylation sites (tertiary alicyclic amines) is 1. The molecule has 4 N–H and O–H groups in total. The van der Waals surface area contributed by atoms with Crippen LogP contribution < -0.4 is 15.8 Å². The fourth-order valence-corrected chi connectivity index (χ4v) is 4.92. The summed E-state index contributed by atoms with van der Waals surface area (Å²) in [4.78, 5) is 33.8. The van der Waals surface area contributed by atoms with Gasteiger partial charge in [0.1, 0.15) is 17.5 Å². The summed E-state index contributed by atoms with van der Waals surface area (Å²) in [6.45, 7) is 3.33. The van der Waals surface area contributed by atoms with Crippen LogP contribution >= 0.6 is 0 Å². The molecule has 4 heterocycles. The van der Waals surface area contributed by atoms with Crippen molar-refractivity contribution in [2.75, 3.05) is 26.2 Å². The van der Waals surface area contributed by atoms with Gasteiger partial charge in [0.25, 0.3) is 11.8 Å². The van der Waals surface area contributed by atoms with Gasteiger partial charge >= 0.3 is 0 Å². The SMILES string of the molecule is NC(=O)c1cc(OC2CCN(C(=O)c3ccc4[nH]cc(C5CCNCC5)c4c3)CC2)ccn1. The first-order chi connectivity index (χ1) is 16.1. The molecule has 2 amide bonds. The second-order valence-corrected chi connectivity index (χ2v) is 8.88. The summed E-state index contributed by atoms with van der Waals surface area (Å²) < 4.78 is 6.02. The van der Waals surface area contributed by atoms with E-state index in [4.69, 9.17) is 10.5 Å². The highest BCUT2D eigenvalue weighted by molar-refractivity contribution is 5.99. The quantitative estimate of drug-likeness (QED) is 0.557. The molecule has 0 saturated carbocycles. The molecule has 33 heavy (non-hydrogen) atoms. The molecule has 5 rings (SSSR count). The van der Waals surface area contributed by atoms with E-state index in [9.17, 15) is 9.59 Å². The first kappa shape index (κ1) is 21.5. The topological polar surface area (TPSA) is 113 Å². The van der Waals surface area contributed by atoms with E-state index in [1.54, 1.807) is 12.1 Å². The molecule has 1 aromatic carbocycles. The molecule has 3 aromatic rings.